The molecule has 18 heavy (non-hydrogen) atoms. The monoisotopic (exact) mass is 309 g/mol. The van der Waals surface area contributed by atoms with Crippen LogP contribution in [0, 0.1) is 0 Å². The van der Waals surface area contributed by atoms with Gasteiger partial charge in [-0.25, -0.2) is 4.98 Å². The number of nitrogen functional groups attached to an aromatic ring is 1. The fourth-order valence-corrected chi connectivity index (χ4v) is 2.30. The third-order valence-electron chi connectivity index (χ3n) is 2.97. The molecule has 3 heterocycles. The fourth-order valence-electron chi connectivity index (χ4n) is 1.86. The summed E-state index contributed by atoms with van der Waals surface area (Å²) in [7, 11) is 0. The van der Waals surface area contributed by atoms with Gasteiger partial charge in [0.1, 0.15) is 5.82 Å². The van der Waals surface area contributed by atoms with Crippen molar-refractivity contribution in [2.45, 2.75) is 6.04 Å². The highest BCUT2D eigenvalue weighted by Gasteiger charge is 2.23. The Morgan fingerprint density at radius 2 is 2.39 bits per heavy atom. The fraction of sp³-hybridized carbons (Fsp3) is 0.273. The lowest BCUT2D eigenvalue weighted by Crippen LogP contribution is -2.57. The molecular formula is C11H12BrN5O. The number of carbonyl (C=O) groups is 1. The summed E-state index contributed by atoms with van der Waals surface area (Å²) in [5.74, 6) is 0.130. The Morgan fingerprint density at radius 1 is 1.61 bits per heavy atom. The molecule has 0 aromatic carbocycles. The van der Waals surface area contributed by atoms with E-state index in [0.29, 0.717) is 11.5 Å². The van der Waals surface area contributed by atoms with E-state index >= 15 is 0 Å². The van der Waals surface area contributed by atoms with Crippen LogP contribution in [0.3, 0.4) is 0 Å². The van der Waals surface area contributed by atoms with Crippen LogP contribution in [0.5, 0.6) is 0 Å². The number of hydrogen-bond acceptors (Lipinski definition) is 4. The number of halogens is 1. The van der Waals surface area contributed by atoms with Gasteiger partial charge in [0.05, 0.1) is 10.5 Å². The molecule has 0 radical (unpaired) electrons. The molecular weight excluding hydrogens is 298 g/mol. The van der Waals surface area contributed by atoms with Gasteiger partial charge in [0.25, 0.3) is 5.91 Å². The first-order valence-electron chi connectivity index (χ1n) is 5.60. The highest BCUT2D eigenvalue weighted by molar-refractivity contribution is 9.10. The van der Waals surface area contributed by atoms with Crippen LogP contribution < -0.4 is 16.4 Å². The van der Waals surface area contributed by atoms with Gasteiger partial charge < -0.3 is 16.4 Å². The smallest absolute Gasteiger partial charge is 0.274 e. The van der Waals surface area contributed by atoms with E-state index in [1.807, 2.05) is 12.1 Å². The first kappa shape index (κ1) is 11.5. The van der Waals surface area contributed by atoms with Crippen molar-refractivity contribution >= 4 is 33.3 Å². The molecule has 1 aliphatic heterocycles. The normalized spacial score (nSPS) is 15.6. The molecule has 0 aliphatic carbocycles. The van der Waals surface area contributed by atoms with E-state index in [9.17, 15) is 4.79 Å². The van der Waals surface area contributed by atoms with Crippen LogP contribution in [0.2, 0.25) is 0 Å². The summed E-state index contributed by atoms with van der Waals surface area (Å²) in [5.41, 5.74) is 6.86. The number of pyridine rings is 1. The van der Waals surface area contributed by atoms with Gasteiger partial charge in [0.15, 0.2) is 11.3 Å². The van der Waals surface area contributed by atoms with Crippen LogP contribution in [0.25, 0.3) is 5.65 Å². The molecule has 6 nitrogen and oxygen atoms in total. The maximum atomic E-state index is 12.0. The zero-order valence-electron chi connectivity index (χ0n) is 9.48. The van der Waals surface area contributed by atoms with Gasteiger partial charge in [0.2, 0.25) is 0 Å². The van der Waals surface area contributed by atoms with Crippen molar-refractivity contribution in [3.05, 3.63) is 28.5 Å². The molecule has 0 bridgehead atoms. The van der Waals surface area contributed by atoms with Gasteiger partial charge >= 0.3 is 0 Å². The maximum absolute atomic E-state index is 12.0. The molecule has 4 N–H and O–H groups in total. The lowest BCUT2D eigenvalue weighted by molar-refractivity contribution is 0.0920. The van der Waals surface area contributed by atoms with Crippen molar-refractivity contribution in [1.29, 1.82) is 0 Å². The Morgan fingerprint density at radius 3 is 3.00 bits per heavy atom. The largest absolute Gasteiger partial charge is 0.383 e. The van der Waals surface area contributed by atoms with Crippen LogP contribution in [-0.2, 0) is 0 Å². The molecule has 0 saturated carbocycles. The van der Waals surface area contributed by atoms with E-state index in [-0.39, 0.29) is 17.6 Å². The molecule has 0 atom stereocenters. The Balaban J connectivity index is 1.98. The Labute approximate surface area is 112 Å². The summed E-state index contributed by atoms with van der Waals surface area (Å²) in [5, 5.41) is 5.97. The summed E-state index contributed by atoms with van der Waals surface area (Å²) in [6.07, 6.45) is 1.78. The third kappa shape index (κ3) is 1.75. The lowest BCUT2D eigenvalue weighted by Gasteiger charge is -2.27. The van der Waals surface area contributed by atoms with Gasteiger partial charge in [-0.15, -0.1) is 0 Å². The average Bonchev–Trinajstić information content (AvgIpc) is 2.63. The molecule has 2 aromatic heterocycles. The zero-order valence-corrected chi connectivity index (χ0v) is 11.1. The summed E-state index contributed by atoms with van der Waals surface area (Å²) >= 11 is 3.39. The van der Waals surface area contributed by atoms with E-state index in [1.54, 1.807) is 10.6 Å². The topological polar surface area (TPSA) is 84.5 Å². The molecule has 0 spiro atoms. The molecule has 2 aromatic rings. The highest BCUT2D eigenvalue weighted by atomic mass is 79.9. The minimum atomic E-state index is -0.227. The lowest BCUT2D eigenvalue weighted by atomic mass is 10.2. The summed E-state index contributed by atoms with van der Waals surface area (Å²) in [6, 6.07) is 3.87. The minimum absolute atomic E-state index is 0.171. The standard InChI is InChI=1S/C11H12BrN5O/c12-7-2-1-3-17-9(13)8(16-10(7)17)11(18)15-6-4-14-5-6/h1-3,6,14H,4-5,13H2,(H,15,18). The number of nitrogens with zero attached hydrogens (tertiary/aromatic N) is 2. The van der Waals surface area contributed by atoms with Gasteiger partial charge in [-0.3, -0.25) is 9.20 Å². The SMILES string of the molecule is Nc1c(C(=O)NC2CNC2)nc2c(Br)cccn12. The molecule has 1 fully saturated rings. The quantitative estimate of drug-likeness (QED) is 0.749. The van der Waals surface area contributed by atoms with Crippen molar-refractivity contribution in [3.8, 4) is 0 Å². The maximum Gasteiger partial charge on any atom is 0.274 e. The number of fused-ring (bicyclic) bond motifs is 1. The van der Waals surface area contributed by atoms with Crippen molar-refractivity contribution in [1.82, 2.24) is 20.0 Å². The van der Waals surface area contributed by atoms with Crippen LogP contribution in [-0.4, -0.2) is 34.4 Å². The number of hydrogen-bond donors (Lipinski definition) is 3. The highest BCUT2D eigenvalue weighted by Crippen LogP contribution is 2.22. The van der Waals surface area contributed by atoms with Crippen LogP contribution >= 0.6 is 15.9 Å². The molecule has 3 rings (SSSR count). The Bertz CT molecular complexity index is 619. The number of aromatic nitrogens is 2. The molecule has 1 aliphatic rings. The van der Waals surface area contributed by atoms with Gasteiger partial charge in [-0.05, 0) is 28.1 Å². The Kier molecular flexibility index (Phi) is 2.71. The molecule has 94 valence electrons. The second-order valence-corrected chi connectivity index (χ2v) is 5.08. The second kappa shape index (κ2) is 4.25. The van der Waals surface area contributed by atoms with Gasteiger partial charge in [0, 0.05) is 19.3 Å². The number of nitrogens with two attached hydrogens (primary N) is 1. The third-order valence-corrected chi connectivity index (χ3v) is 3.59. The van der Waals surface area contributed by atoms with Gasteiger partial charge in [-0.1, -0.05) is 0 Å². The van der Waals surface area contributed by atoms with Crippen LogP contribution in [0.1, 0.15) is 10.5 Å². The van der Waals surface area contributed by atoms with Gasteiger partial charge in [-0.2, -0.15) is 0 Å². The van der Waals surface area contributed by atoms with Crippen molar-refractivity contribution in [2.24, 2.45) is 0 Å². The second-order valence-electron chi connectivity index (χ2n) is 4.22. The predicted molar refractivity (Wildman–Crippen MR) is 71.4 cm³/mol. The van der Waals surface area contributed by atoms with Crippen molar-refractivity contribution in [3.63, 3.8) is 0 Å². The number of imidazole rings is 1. The molecule has 7 heteroatoms. The van der Waals surface area contributed by atoms with E-state index < -0.39 is 0 Å². The number of amides is 1. The zero-order chi connectivity index (χ0) is 12.7. The van der Waals surface area contributed by atoms with Crippen molar-refractivity contribution < 1.29 is 4.79 Å². The average molecular weight is 310 g/mol. The summed E-state index contributed by atoms with van der Waals surface area (Å²) in [6.45, 7) is 1.59. The first-order valence-corrected chi connectivity index (χ1v) is 6.40. The minimum Gasteiger partial charge on any atom is -0.383 e. The number of rotatable bonds is 2. The van der Waals surface area contributed by atoms with Crippen LogP contribution in [0.15, 0.2) is 22.8 Å². The van der Waals surface area contributed by atoms with E-state index in [1.165, 1.54) is 0 Å². The van der Waals surface area contributed by atoms with E-state index in [2.05, 4.69) is 31.5 Å². The van der Waals surface area contributed by atoms with E-state index in [0.717, 1.165) is 17.6 Å². The van der Waals surface area contributed by atoms with E-state index in [4.69, 9.17) is 5.73 Å². The molecule has 1 amide bonds. The predicted octanol–water partition coefficient (Wildman–Crippen LogP) is 0.381. The summed E-state index contributed by atoms with van der Waals surface area (Å²) in [4.78, 5) is 16.3. The Hall–Kier alpha value is -1.60. The molecule has 1 saturated heterocycles. The van der Waals surface area contributed by atoms with Crippen LogP contribution in [0.4, 0.5) is 5.82 Å². The number of anilines is 1. The summed E-state index contributed by atoms with van der Waals surface area (Å²) < 4.78 is 2.50. The number of carbonyl (C=O) groups excluding carboxylic acids is 1. The van der Waals surface area contributed by atoms with Crippen molar-refractivity contribution in [2.75, 3.05) is 18.8 Å². The number of nitrogens with one attached hydrogen (secondary N) is 2. The first-order chi connectivity index (χ1) is 8.66. The molecule has 0 unspecified atom stereocenters.